The van der Waals surface area contributed by atoms with Crippen LogP contribution in [0.4, 0.5) is 0 Å². The number of likely N-dealkylation sites (tertiary alicyclic amines) is 1. The highest BCUT2D eigenvalue weighted by Gasteiger charge is 2.66. The van der Waals surface area contributed by atoms with Crippen molar-refractivity contribution in [2.75, 3.05) is 26.3 Å². The number of fused-ring (bicyclic) bond motifs is 3. The average molecular weight is 511 g/mol. The summed E-state index contributed by atoms with van der Waals surface area (Å²) in [5.74, 6) is -6.20. The minimum absolute atomic E-state index is 0.0796. The molecule has 1 aromatic rings. The number of amides is 1. The molecular weight excluding hydrogens is 480 g/mol. The van der Waals surface area contributed by atoms with Crippen LogP contribution in [-0.4, -0.2) is 80.7 Å². The second-order valence-electron chi connectivity index (χ2n) is 11.6. The summed E-state index contributed by atoms with van der Waals surface area (Å²) in [6.45, 7) is 6.05. The van der Waals surface area contributed by atoms with Crippen molar-refractivity contribution in [1.29, 1.82) is 0 Å². The zero-order valence-electron chi connectivity index (χ0n) is 20.7. The number of primary amides is 1. The third-order valence-corrected chi connectivity index (χ3v) is 8.99. The smallest absolute Gasteiger partial charge is 0.255 e. The molecule has 5 aliphatic rings. The first kappa shape index (κ1) is 24.1. The topological polar surface area (TPSA) is 171 Å². The Balaban J connectivity index is 1.51. The van der Waals surface area contributed by atoms with Crippen LogP contribution in [-0.2, 0) is 25.5 Å². The fourth-order valence-electron chi connectivity index (χ4n) is 7.22. The largest absolute Gasteiger partial charge is 0.508 e. The highest BCUT2D eigenvalue weighted by molar-refractivity contribution is 6.24. The van der Waals surface area contributed by atoms with Gasteiger partial charge in [0.2, 0.25) is 5.78 Å². The number of hydrogen-bond donors (Lipinski definition) is 5. The Morgan fingerprint density at radius 2 is 1.84 bits per heavy atom. The number of aliphatic hydroxyl groups excluding tert-OH is 2. The number of ether oxygens (including phenoxy) is 1. The van der Waals surface area contributed by atoms with Crippen LogP contribution in [0.3, 0.4) is 0 Å². The van der Waals surface area contributed by atoms with Gasteiger partial charge in [0, 0.05) is 30.0 Å². The van der Waals surface area contributed by atoms with Gasteiger partial charge in [0.15, 0.2) is 11.4 Å². The molecule has 0 radical (unpaired) electrons. The first-order valence-corrected chi connectivity index (χ1v) is 12.6. The van der Waals surface area contributed by atoms with Crippen LogP contribution in [0.15, 0.2) is 29.0 Å². The van der Waals surface area contributed by atoms with E-state index in [1.165, 1.54) is 6.07 Å². The lowest BCUT2D eigenvalue weighted by molar-refractivity contribution is -0.211. The van der Waals surface area contributed by atoms with Crippen molar-refractivity contribution in [2.45, 2.75) is 44.2 Å². The number of hydrogen-bond acceptors (Lipinski definition) is 9. The molecule has 10 nitrogen and oxygen atoms in total. The highest BCUT2D eigenvalue weighted by Crippen LogP contribution is 2.54. The standard InChI is InChI=1S/C27H30N2O8/c1-11(2)13-3-4-16(30)18-14(13)5-12-6-15-20(29-7-26(8-29)9-37-10-26)22(32)19(25(28)35)24(34)27(15,36)23(33)17(12)21(18)31/h3-4,11-12,15,20,30-31,34,36H,5-10H2,1-2H3,(H2,28,35). The summed E-state index contributed by atoms with van der Waals surface area (Å²) in [4.78, 5) is 41.6. The summed E-state index contributed by atoms with van der Waals surface area (Å²) >= 11 is 0. The van der Waals surface area contributed by atoms with Gasteiger partial charge in [-0.2, -0.15) is 0 Å². The van der Waals surface area contributed by atoms with Gasteiger partial charge >= 0.3 is 0 Å². The lowest BCUT2D eigenvalue weighted by Crippen LogP contribution is -2.74. The molecule has 2 saturated heterocycles. The molecule has 1 spiro atoms. The molecule has 6 rings (SSSR count). The maximum atomic E-state index is 14.0. The third kappa shape index (κ3) is 3.00. The van der Waals surface area contributed by atoms with Gasteiger partial charge < -0.3 is 30.9 Å². The normalized spacial score (nSPS) is 32.6. The Hall–Kier alpha value is -3.21. The summed E-state index contributed by atoms with van der Waals surface area (Å²) < 4.78 is 5.33. The predicted molar refractivity (Wildman–Crippen MR) is 129 cm³/mol. The summed E-state index contributed by atoms with van der Waals surface area (Å²) in [5, 5.41) is 44.7. The first-order chi connectivity index (χ1) is 17.4. The molecule has 1 amide bonds. The van der Waals surface area contributed by atoms with Gasteiger partial charge in [0.25, 0.3) is 5.91 Å². The summed E-state index contributed by atoms with van der Waals surface area (Å²) in [6.07, 6.45) is 0.404. The van der Waals surface area contributed by atoms with E-state index in [0.717, 1.165) is 5.56 Å². The molecule has 3 fully saturated rings. The molecule has 10 heteroatoms. The van der Waals surface area contributed by atoms with E-state index in [1.54, 1.807) is 6.07 Å². The second kappa shape index (κ2) is 7.66. The number of nitrogens with zero attached hydrogens (tertiary/aromatic N) is 1. The molecule has 2 aliphatic heterocycles. The number of phenolic OH excluding ortho intramolecular Hbond substituents is 1. The van der Waals surface area contributed by atoms with E-state index in [2.05, 4.69) is 0 Å². The number of ketones is 2. The van der Waals surface area contributed by atoms with Crippen LogP contribution in [0.25, 0.3) is 5.76 Å². The van der Waals surface area contributed by atoms with Crippen molar-refractivity contribution in [2.24, 2.45) is 23.0 Å². The number of benzene rings is 1. The van der Waals surface area contributed by atoms with Crippen molar-refractivity contribution >= 4 is 23.2 Å². The number of nitrogens with two attached hydrogens (primary N) is 1. The van der Waals surface area contributed by atoms with Gasteiger partial charge in [0.1, 0.15) is 22.8 Å². The number of carbonyl (C=O) groups is 3. The zero-order valence-corrected chi connectivity index (χ0v) is 20.7. The van der Waals surface area contributed by atoms with E-state index in [9.17, 15) is 34.8 Å². The first-order valence-electron chi connectivity index (χ1n) is 12.6. The van der Waals surface area contributed by atoms with Crippen molar-refractivity contribution in [3.05, 3.63) is 45.7 Å². The molecule has 6 N–H and O–H groups in total. The highest BCUT2D eigenvalue weighted by atomic mass is 16.5. The molecule has 0 bridgehead atoms. The quantitative estimate of drug-likeness (QED) is 0.370. The number of aromatic hydroxyl groups is 1. The Morgan fingerprint density at radius 1 is 1.16 bits per heavy atom. The molecule has 1 saturated carbocycles. The minimum atomic E-state index is -2.62. The third-order valence-electron chi connectivity index (χ3n) is 8.99. The molecule has 37 heavy (non-hydrogen) atoms. The Morgan fingerprint density at radius 3 is 2.41 bits per heavy atom. The van der Waals surface area contributed by atoms with Gasteiger partial charge in [-0.25, -0.2) is 0 Å². The van der Waals surface area contributed by atoms with Crippen molar-refractivity contribution in [3.8, 4) is 5.75 Å². The van der Waals surface area contributed by atoms with E-state index in [1.807, 2.05) is 18.7 Å². The van der Waals surface area contributed by atoms with Crippen LogP contribution in [0.1, 0.15) is 42.9 Å². The van der Waals surface area contributed by atoms with Crippen LogP contribution in [0.5, 0.6) is 5.75 Å². The molecule has 4 atom stereocenters. The van der Waals surface area contributed by atoms with E-state index < -0.39 is 58.0 Å². The fraction of sp³-hybridized carbons (Fsp3) is 0.519. The van der Waals surface area contributed by atoms with Gasteiger partial charge in [0.05, 0.1) is 24.8 Å². The number of phenols is 1. The molecule has 196 valence electrons. The summed E-state index contributed by atoms with van der Waals surface area (Å²) in [5.41, 5.74) is 3.57. The fourth-order valence-corrected chi connectivity index (χ4v) is 7.22. The maximum Gasteiger partial charge on any atom is 0.255 e. The van der Waals surface area contributed by atoms with Crippen molar-refractivity contribution in [1.82, 2.24) is 4.90 Å². The maximum absolute atomic E-state index is 14.0. The summed E-state index contributed by atoms with van der Waals surface area (Å²) in [7, 11) is 0. The predicted octanol–water partition coefficient (Wildman–Crippen LogP) is 0.858. The molecular formula is C27H30N2O8. The number of Topliss-reactive ketones (excluding diaryl/α,β-unsaturated/α-hetero) is 2. The lowest BCUT2D eigenvalue weighted by atomic mass is 9.56. The van der Waals surface area contributed by atoms with Crippen LogP contribution in [0, 0.1) is 17.3 Å². The number of carbonyl (C=O) groups excluding carboxylic acids is 3. The Kier molecular flexibility index (Phi) is 5.00. The molecule has 1 aromatic carbocycles. The zero-order chi connectivity index (χ0) is 26.6. The molecule has 2 heterocycles. The lowest BCUT2D eigenvalue weighted by Gasteiger charge is -2.60. The van der Waals surface area contributed by atoms with Crippen LogP contribution < -0.4 is 5.73 Å². The van der Waals surface area contributed by atoms with Gasteiger partial charge in [-0.3, -0.25) is 19.3 Å². The molecule has 4 unspecified atom stereocenters. The van der Waals surface area contributed by atoms with Gasteiger partial charge in [-0.05, 0) is 41.9 Å². The number of rotatable bonds is 3. The van der Waals surface area contributed by atoms with Crippen molar-refractivity contribution in [3.63, 3.8) is 0 Å². The van der Waals surface area contributed by atoms with Gasteiger partial charge in [-0.15, -0.1) is 0 Å². The van der Waals surface area contributed by atoms with Crippen LogP contribution in [0.2, 0.25) is 0 Å². The Bertz CT molecular complexity index is 1330. The van der Waals surface area contributed by atoms with E-state index >= 15 is 0 Å². The van der Waals surface area contributed by atoms with E-state index in [4.69, 9.17) is 10.5 Å². The average Bonchev–Trinajstić information content (AvgIpc) is 2.75. The monoisotopic (exact) mass is 510 g/mol. The van der Waals surface area contributed by atoms with Crippen LogP contribution >= 0.6 is 0 Å². The molecule has 3 aliphatic carbocycles. The van der Waals surface area contributed by atoms with Gasteiger partial charge in [-0.1, -0.05) is 19.9 Å². The number of aliphatic hydroxyl groups is 3. The molecule has 0 aromatic heterocycles. The second-order valence-corrected chi connectivity index (χ2v) is 11.6. The summed E-state index contributed by atoms with van der Waals surface area (Å²) in [6, 6.07) is 2.20. The van der Waals surface area contributed by atoms with Crippen molar-refractivity contribution < 1.29 is 39.5 Å². The SMILES string of the molecule is CC(C)c1ccc(O)c2c1CC1CC3C(N4CC5(COC5)C4)C(=O)C(C(N)=O)=C(O)C3(O)C(=O)C1=C2O. The van der Waals surface area contributed by atoms with E-state index in [-0.39, 0.29) is 34.6 Å². The Labute approximate surface area is 213 Å². The minimum Gasteiger partial charge on any atom is -0.508 e. The van der Waals surface area contributed by atoms with E-state index in [0.29, 0.717) is 38.3 Å².